The summed E-state index contributed by atoms with van der Waals surface area (Å²) < 4.78 is 17.3. The molecule has 0 aromatic heterocycles. The lowest BCUT2D eigenvalue weighted by molar-refractivity contribution is -0.141. The van der Waals surface area contributed by atoms with Crippen LogP contribution in [0.2, 0.25) is 0 Å². The van der Waals surface area contributed by atoms with Gasteiger partial charge in [-0.25, -0.2) is 14.7 Å². The predicted molar refractivity (Wildman–Crippen MR) is 117 cm³/mol. The number of carboxylic acid groups (broad SMARTS) is 1. The van der Waals surface area contributed by atoms with Gasteiger partial charge in [-0.05, 0) is 18.1 Å². The highest BCUT2D eigenvalue weighted by Crippen LogP contribution is 2.34. The first-order valence-electron chi connectivity index (χ1n) is 9.77. The van der Waals surface area contributed by atoms with E-state index in [1.54, 1.807) is 54.6 Å². The number of rotatable bonds is 11. The molecule has 32 heavy (non-hydrogen) atoms. The van der Waals surface area contributed by atoms with Crippen LogP contribution in [0.5, 0.6) is 0 Å². The number of hydrogen-bond donors (Lipinski definition) is 5. The van der Waals surface area contributed by atoms with Crippen molar-refractivity contribution in [1.29, 1.82) is 0 Å². The Morgan fingerprint density at radius 2 is 1.56 bits per heavy atom. The molecule has 0 saturated carbocycles. The average Bonchev–Trinajstić information content (AvgIpc) is 2.77. The van der Waals surface area contributed by atoms with Crippen molar-refractivity contribution in [3.63, 3.8) is 0 Å². The van der Waals surface area contributed by atoms with E-state index in [9.17, 15) is 28.9 Å². The third-order valence-electron chi connectivity index (χ3n) is 4.34. The SMILES string of the molecule is C[C@H](NP(=O)(O)CNC(=O)OCc1ccccc1)C(=O)N[C@@H](Cc1ccccc1)C(=O)O. The Morgan fingerprint density at radius 3 is 2.12 bits per heavy atom. The van der Waals surface area contributed by atoms with Crippen LogP contribution in [0.1, 0.15) is 18.1 Å². The van der Waals surface area contributed by atoms with Gasteiger partial charge in [-0.15, -0.1) is 0 Å². The standard InChI is InChI=1S/C21H26N3O7P/c1-15(19(25)23-18(20(26)27)12-16-8-4-2-5-9-16)24-32(29,30)14-22-21(28)31-13-17-10-6-3-7-11-17/h2-11,15,18H,12-14H2,1H3,(H,22,28)(H,23,25)(H,26,27)(H2,24,29,30)/t15-,18-/m0/s1. The second kappa shape index (κ2) is 12.0. The maximum absolute atomic E-state index is 12.3. The van der Waals surface area contributed by atoms with E-state index >= 15 is 0 Å². The Labute approximate surface area is 185 Å². The Hall–Kier alpha value is -3.20. The van der Waals surface area contributed by atoms with Gasteiger partial charge in [0.1, 0.15) is 18.9 Å². The molecule has 5 N–H and O–H groups in total. The van der Waals surface area contributed by atoms with Gasteiger partial charge >= 0.3 is 12.1 Å². The molecule has 11 heteroatoms. The zero-order valence-electron chi connectivity index (χ0n) is 17.4. The molecule has 0 aliphatic heterocycles. The maximum atomic E-state index is 12.3. The van der Waals surface area contributed by atoms with Crippen LogP contribution in [0.4, 0.5) is 4.79 Å². The summed E-state index contributed by atoms with van der Waals surface area (Å²) in [5.74, 6) is -2.00. The largest absolute Gasteiger partial charge is 0.480 e. The number of alkyl carbamates (subject to hydrolysis) is 1. The first-order valence-corrected chi connectivity index (χ1v) is 11.6. The van der Waals surface area contributed by atoms with E-state index in [4.69, 9.17) is 4.74 Å². The lowest BCUT2D eigenvalue weighted by Crippen LogP contribution is -2.49. The minimum Gasteiger partial charge on any atom is -0.480 e. The first-order chi connectivity index (χ1) is 15.2. The summed E-state index contributed by atoms with van der Waals surface area (Å²) in [6.45, 7) is 1.31. The van der Waals surface area contributed by atoms with Crippen LogP contribution >= 0.6 is 7.52 Å². The van der Waals surface area contributed by atoms with E-state index in [2.05, 4.69) is 15.7 Å². The molecule has 0 aliphatic carbocycles. The lowest BCUT2D eigenvalue weighted by Gasteiger charge is -2.21. The Bertz CT molecular complexity index is 956. The number of amides is 2. The summed E-state index contributed by atoms with van der Waals surface area (Å²) in [5, 5.41) is 16.1. The van der Waals surface area contributed by atoms with Crippen molar-refractivity contribution in [1.82, 2.24) is 15.7 Å². The molecule has 0 bridgehead atoms. The summed E-state index contributed by atoms with van der Waals surface area (Å²) in [7, 11) is -4.16. The minimum atomic E-state index is -4.16. The van der Waals surface area contributed by atoms with Crippen molar-refractivity contribution in [2.24, 2.45) is 0 Å². The van der Waals surface area contributed by atoms with E-state index in [-0.39, 0.29) is 13.0 Å². The Balaban J connectivity index is 1.81. The van der Waals surface area contributed by atoms with Gasteiger partial charge in [0.05, 0.1) is 6.04 Å². The maximum Gasteiger partial charge on any atom is 0.407 e. The van der Waals surface area contributed by atoms with Crippen molar-refractivity contribution in [3.05, 3.63) is 71.8 Å². The Morgan fingerprint density at radius 1 is 1.00 bits per heavy atom. The van der Waals surface area contributed by atoms with Crippen molar-refractivity contribution in [3.8, 4) is 0 Å². The molecule has 2 aromatic rings. The number of aliphatic carboxylic acids is 1. The summed E-state index contributed by atoms with van der Waals surface area (Å²) in [6, 6.07) is 15.2. The van der Waals surface area contributed by atoms with Gasteiger partial charge in [-0.3, -0.25) is 9.36 Å². The van der Waals surface area contributed by atoms with Gasteiger partial charge < -0.3 is 25.4 Å². The zero-order valence-corrected chi connectivity index (χ0v) is 18.3. The number of benzene rings is 2. The number of carbonyl (C=O) groups is 3. The summed E-state index contributed by atoms with van der Waals surface area (Å²) in [6.07, 6.45) is -1.51. The molecule has 2 amide bonds. The predicted octanol–water partition coefficient (Wildman–Crippen LogP) is 1.85. The second-order valence-corrected chi connectivity index (χ2v) is 9.02. The van der Waals surface area contributed by atoms with Gasteiger partial charge in [0, 0.05) is 6.42 Å². The monoisotopic (exact) mass is 463 g/mol. The Kier molecular flexibility index (Phi) is 9.39. The smallest absolute Gasteiger partial charge is 0.407 e. The highest BCUT2D eigenvalue weighted by molar-refractivity contribution is 7.55. The van der Waals surface area contributed by atoms with Gasteiger partial charge in [-0.2, -0.15) is 0 Å². The zero-order chi connectivity index (χ0) is 23.6. The number of nitrogens with one attached hydrogen (secondary N) is 3. The number of ether oxygens (including phenoxy) is 1. The molecule has 0 heterocycles. The van der Waals surface area contributed by atoms with E-state index < -0.39 is 43.9 Å². The fourth-order valence-corrected chi connectivity index (χ4v) is 3.86. The molecule has 0 saturated heterocycles. The minimum absolute atomic E-state index is 0.00731. The third-order valence-corrected chi connectivity index (χ3v) is 5.71. The van der Waals surface area contributed by atoms with Crippen LogP contribution < -0.4 is 15.7 Å². The normalized spacial score (nSPS) is 14.4. The highest BCUT2D eigenvalue weighted by Gasteiger charge is 2.28. The fourth-order valence-electron chi connectivity index (χ4n) is 2.70. The molecule has 0 radical (unpaired) electrons. The van der Waals surface area contributed by atoms with Gasteiger partial charge in [-0.1, -0.05) is 60.7 Å². The van der Waals surface area contributed by atoms with E-state index in [0.717, 1.165) is 5.56 Å². The molecule has 2 aromatic carbocycles. The van der Waals surface area contributed by atoms with Crippen LogP contribution in [0.15, 0.2) is 60.7 Å². The number of carboxylic acids is 1. The molecule has 10 nitrogen and oxygen atoms in total. The van der Waals surface area contributed by atoms with Gasteiger partial charge in [0.25, 0.3) is 7.52 Å². The first kappa shape index (κ1) is 25.1. The molecular weight excluding hydrogens is 437 g/mol. The van der Waals surface area contributed by atoms with E-state index in [1.807, 2.05) is 6.07 Å². The van der Waals surface area contributed by atoms with Crippen molar-refractivity contribution in [2.45, 2.75) is 32.0 Å². The van der Waals surface area contributed by atoms with Crippen molar-refractivity contribution < 1.29 is 33.7 Å². The molecule has 1 unspecified atom stereocenters. The highest BCUT2D eigenvalue weighted by atomic mass is 31.2. The molecule has 0 aliphatic rings. The molecule has 3 atom stereocenters. The van der Waals surface area contributed by atoms with Crippen LogP contribution in [0, 0.1) is 0 Å². The van der Waals surface area contributed by atoms with Crippen LogP contribution in [-0.4, -0.2) is 46.3 Å². The fraction of sp³-hybridized carbons (Fsp3) is 0.286. The molecular formula is C21H26N3O7P. The summed E-state index contributed by atoms with van der Waals surface area (Å²) >= 11 is 0. The van der Waals surface area contributed by atoms with Crippen LogP contribution in [-0.2, 0) is 31.9 Å². The van der Waals surface area contributed by atoms with E-state index in [0.29, 0.717) is 5.56 Å². The summed E-state index contributed by atoms with van der Waals surface area (Å²) in [4.78, 5) is 45.6. The van der Waals surface area contributed by atoms with Gasteiger partial charge in [0.15, 0.2) is 0 Å². The van der Waals surface area contributed by atoms with Crippen molar-refractivity contribution >= 4 is 25.5 Å². The molecule has 0 spiro atoms. The number of hydrogen-bond acceptors (Lipinski definition) is 5. The molecule has 2 rings (SSSR count). The molecule has 0 fully saturated rings. The average molecular weight is 463 g/mol. The topological polar surface area (TPSA) is 154 Å². The van der Waals surface area contributed by atoms with Crippen LogP contribution in [0.25, 0.3) is 0 Å². The van der Waals surface area contributed by atoms with E-state index in [1.165, 1.54) is 6.92 Å². The third kappa shape index (κ3) is 8.89. The van der Waals surface area contributed by atoms with Gasteiger partial charge in [0.2, 0.25) is 5.91 Å². The lowest BCUT2D eigenvalue weighted by atomic mass is 10.1. The van der Waals surface area contributed by atoms with Crippen molar-refractivity contribution in [2.75, 3.05) is 6.29 Å². The quantitative estimate of drug-likeness (QED) is 0.316. The number of carbonyl (C=O) groups excluding carboxylic acids is 2. The molecule has 172 valence electrons. The summed E-state index contributed by atoms with van der Waals surface area (Å²) in [5.41, 5.74) is 1.47. The second-order valence-electron chi connectivity index (χ2n) is 7.04. The van der Waals surface area contributed by atoms with Crippen LogP contribution in [0.3, 0.4) is 0 Å².